The normalized spacial score (nSPS) is 25.0. The van der Waals surface area contributed by atoms with Gasteiger partial charge >= 0.3 is 0 Å². The van der Waals surface area contributed by atoms with Gasteiger partial charge in [-0.1, -0.05) is 0 Å². The second kappa shape index (κ2) is 8.24. The highest BCUT2D eigenvalue weighted by atomic mass is 32.1. The molecule has 160 valence electrons. The van der Waals surface area contributed by atoms with Gasteiger partial charge in [0.1, 0.15) is 29.6 Å². The number of ether oxygens (including phenoxy) is 1. The summed E-state index contributed by atoms with van der Waals surface area (Å²) in [4.78, 5) is 17.8. The molecule has 1 saturated carbocycles. The van der Waals surface area contributed by atoms with E-state index in [0.29, 0.717) is 24.2 Å². The van der Waals surface area contributed by atoms with Gasteiger partial charge in [0.25, 0.3) is 0 Å². The van der Waals surface area contributed by atoms with Crippen molar-refractivity contribution in [1.29, 1.82) is 0 Å². The quantitative estimate of drug-likeness (QED) is 0.633. The Hall–Kier alpha value is -2.03. The van der Waals surface area contributed by atoms with E-state index in [-0.39, 0.29) is 12.0 Å². The highest BCUT2D eigenvalue weighted by Crippen LogP contribution is 2.48. The second-order valence-electron chi connectivity index (χ2n) is 8.67. The second-order valence-corrected chi connectivity index (χ2v) is 9.75. The molecule has 3 heterocycles. The summed E-state index contributed by atoms with van der Waals surface area (Å²) in [5.74, 6) is 1.32. The van der Waals surface area contributed by atoms with Gasteiger partial charge in [0, 0.05) is 10.9 Å². The van der Waals surface area contributed by atoms with Gasteiger partial charge in [-0.25, -0.2) is 15.0 Å². The van der Waals surface area contributed by atoms with Crippen LogP contribution in [0.1, 0.15) is 66.9 Å². The third-order valence-electron chi connectivity index (χ3n) is 6.59. The van der Waals surface area contributed by atoms with Crippen LogP contribution in [0.25, 0.3) is 10.2 Å². The van der Waals surface area contributed by atoms with Crippen LogP contribution in [0.5, 0.6) is 5.88 Å². The minimum atomic E-state index is -0.707. The fourth-order valence-corrected chi connectivity index (χ4v) is 6.20. The summed E-state index contributed by atoms with van der Waals surface area (Å²) < 4.78 is 11.8. The van der Waals surface area contributed by atoms with Crippen LogP contribution in [0.15, 0.2) is 23.2 Å². The lowest BCUT2D eigenvalue weighted by atomic mass is 9.92. The summed E-state index contributed by atoms with van der Waals surface area (Å²) in [5, 5.41) is 11.6. The topological polar surface area (TPSA) is 84.5 Å². The summed E-state index contributed by atoms with van der Waals surface area (Å²) in [6.45, 7) is 0. The van der Waals surface area contributed by atoms with Crippen LogP contribution < -0.4 is 4.74 Å². The summed E-state index contributed by atoms with van der Waals surface area (Å²) in [6, 6.07) is 0.641. The summed E-state index contributed by atoms with van der Waals surface area (Å²) in [6.07, 6.45) is 11.2. The monoisotopic (exact) mass is 428 g/mol. The molecule has 0 radical (unpaired) electrons. The van der Waals surface area contributed by atoms with Crippen molar-refractivity contribution >= 4 is 21.6 Å². The number of rotatable bonds is 6. The lowest BCUT2D eigenvalue weighted by molar-refractivity contribution is 0.108. The zero-order chi connectivity index (χ0) is 20.7. The first-order valence-electron chi connectivity index (χ1n) is 10.8. The molecule has 5 rings (SSSR count). The molecule has 0 saturated heterocycles. The van der Waals surface area contributed by atoms with E-state index in [9.17, 15) is 5.11 Å². The minimum Gasteiger partial charge on any atom is -0.474 e. The molecule has 0 spiro atoms. The Kier molecular flexibility index (Phi) is 5.47. The van der Waals surface area contributed by atoms with Crippen molar-refractivity contribution in [3.63, 3.8) is 0 Å². The van der Waals surface area contributed by atoms with Crippen LogP contribution in [-0.2, 0) is 6.42 Å². The van der Waals surface area contributed by atoms with Crippen molar-refractivity contribution in [2.75, 3.05) is 14.1 Å². The first-order valence-corrected chi connectivity index (χ1v) is 11.6. The number of aromatic nitrogens is 3. The number of oxazole rings is 1. The maximum Gasteiger partial charge on any atom is 0.225 e. The molecular formula is C22H28N4O3S. The van der Waals surface area contributed by atoms with E-state index < -0.39 is 6.10 Å². The van der Waals surface area contributed by atoms with E-state index in [4.69, 9.17) is 9.15 Å². The lowest BCUT2D eigenvalue weighted by Gasteiger charge is -2.32. The van der Waals surface area contributed by atoms with E-state index in [0.717, 1.165) is 48.7 Å². The lowest BCUT2D eigenvalue weighted by Crippen LogP contribution is -2.35. The standard InChI is InChI=1S/C22H28N4O3S/c1-26(2)14-4-6-15(7-5-14)29-21-19-18-13(11-16(27)20-23-9-10-28-20)3-8-17(18)30-22(19)25-12-24-21/h9-10,12-16,27H,3-8,11H2,1-2H3/t13-,14?,15?,16+/m1/s1. The molecule has 0 amide bonds. The number of aliphatic hydroxyl groups excluding tert-OH is 1. The number of thiophene rings is 1. The minimum absolute atomic E-state index is 0.201. The molecular weight excluding hydrogens is 400 g/mol. The molecule has 1 N–H and O–H groups in total. The van der Waals surface area contributed by atoms with Gasteiger partial charge in [-0.05, 0) is 70.5 Å². The van der Waals surface area contributed by atoms with Gasteiger partial charge in [-0.3, -0.25) is 0 Å². The van der Waals surface area contributed by atoms with E-state index in [1.54, 1.807) is 23.9 Å². The predicted octanol–water partition coefficient (Wildman–Crippen LogP) is 4.08. The summed E-state index contributed by atoms with van der Waals surface area (Å²) in [7, 11) is 4.31. The molecule has 7 nitrogen and oxygen atoms in total. The van der Waals surface area contributed by atoms with Crippen LogP contribution in [0, 0.1) is 0 Å². The molecule has 0 bridgehead atoms. The Balaban J connectivity index is 1.39. The maximum absolute atomic E-state index is 10.6. The van der Waals surface area contributed by atoms with E-state index >= 15 is 0 Å². The Morgan fingerprint density at radius 2 is 2.03 bits per heavy atom. The molecule has 2 atom stereocenters. The molecule has 30 heavy (non-hydrogen) atoms. The SMILES string of the molecule is CN(C)C1CCC(Oc2ncnc3sc4c(c23)[C@@H](C[C@H](O)c2ncco2)CC4)CC1. The Bertz CT molecular complexity index is 995. The van der Waals surface area contributed by atoms with Crippen molar-refractivity contribution < 1.29 is 14.3 Å². The number of aliphatic hydroxyl groups is 1. The molecule has 3 aromatic heterocycles. The molecule has 3 aromatic rings. The number of hydrogen-bond donors (Lipinski definition) is 1. The fraction of sp³-hybridized carbons (Fsp3) is 0.591. The van der Waals surface area contributed by atoms with Gasteiger partial charge in [-0.2, -0.15) is 0 Å². The third kappa shape index (κ3) is 3.72. The van der Waals surface area contributed by atoms with Crippen molar-refractivity contribution in [3.8, 4) is 5.88 Å². The molecule has 8 heteroatoms. The summed E-state index contributed by atoms with van der Waals surface area (Å²) in [5.41, 5.74) is 1.26. The van der Waals surface area contributed by atoms with Crippen LogP contribution in [-0.4, -0.2) is 51.2 Å². The molecule has 2 aliphatic carbocycles. The average molecular weight is 429 g/mol. The first kappa shape index (κ1) is 19.9. The highest BCUT2D eigenvalue weighted by molar-refractivity contribution is 7.19. The van der Waals surface area contributed by atoms with Crippen LogP contribution in [0.2, 0.25) is 0 Å². The van der Waals surface area contributed by atoms with Gasteiger partial charge in [0.05, 0.1) is 11.6 Å². The number of fused-ring (bicyclic) bond motifs is 3. The number of aryl methyl sites for hydroxylation is 1. The highest BCUT2D eigenvalue weighted by Gasteiger charge is 2.33. The number of hydrogen-bond acceptors (Lipinski definition) is 8. The van der Waals surface area contributed by atoms with Gasteiger partial charge in [-0.15, -0.1) is 11.3 Å². The van der Waals surface area contributed by atoms with Crippen molar-refractivity contribution in [1.82, 2.24) is 19.9 Å². The van der Waals surface area contributed by atoms with Crippen molar-refractivity contribution in [3.05, 3.63) is 35.1 Å². The van der Waals surface area contributed by atoms with Crippen LogP contribution in [0.3, 0.4) is 0 Å². The van der Waals surface area contributed by atoms with Gasteiger partial charge in [0.2, 0.25) is 11.8 Å². The average Bonchev–Trinajstić information content (AvgIpc) is 3.46. The van der Waals surface area contributed by atoms with Crippen molar-refractivity contribution in [2.45, 2.75) is 69.1 Å². The predicted molar refractivity (Wildman–Crippen MR) is 115 cm³/mol. The largest absolute Gasteiger partial charge is 0.474 e. The molecule has 0 aromatic carbocycles. The Labute approximate surface area is 180 Å². The fourth-order valence-electron chi connectivity index (χ4n) is 4.97. The molecule has 1 fully saturated rings. The first-order chi connectivity index (χ1) is 14.6. The molecule has 0 aliphatic heterocycles. The zero-order valence-electron chi connectivity index (χ0n) is 17.5. The molecule has 2 aliphatic rings. The van der Waals surface area contributed by atoms with Gasteiger partial charge < -0.3 is 19.2 Å². The molecule has 0 unspecified atom stereocenters. The van der Waals surface area contributed by atoms with Crippen LogP contribution >= 0.6 is 11.3 Å². The van der Waals surface area contributed by atoms with E-state index in [1.807, 2.05) is 0 Å². The third-order valence-corrected chi connectivity index (χ3v) is 7.77. The van der Waals surface area contributed by atoms with E-state index in [2.05, 4.69) is 33.9 Å². The Morgan fingerprint density at radius 1 is 1.20 bits per heavy atom. The van der Waals surface area contributed by atoms with Gasteiger partial charge in [0.15, 0.2) is 0 Å². The maximum atomic E-state index is 10.6. The van der Waals surface area contributed by atoms with Crippen LogP contribution in [0.4, 0.5) is 0 Å². The smallest absolute Gasteiger partial charge is 0.225 e. The Morgan fingerprint density at radius 3 is 2.77 bits per heavy atom. The number of nitrogens with zero attached hydrogens (tertiary/aromatic N) is 4. The van der Waals surface area contributed by atoms with E-state index in [1.165, 1.54) is 16.7 Å². The summed E-state index contributed by atoms with van der Waals surface area (Å²) >= 11 is 1.74. The van der Waals surface area contributed by atoms with Crippen molar-refractivity contribution in [2.24, 2.45) is 0 Å². The zero-order valence-corrected chi connectivity index (χ0v) is 18.3.